The zero-order valence-electron chi connectivity index (χ0n) is 12.3. The summed E-state index contributed by atoms with van der Waals surface area (Å²) in [7, 11) is 2.20. The molecular weight excluding hydrogens is 240 g/mol. The molecule has 0 unspecified atom stereocenters. The van der Waals surface area contributed by atoms with Crippen molar-refractivity contribution in [3.05, 3.63) is 23.7 Å². The van der Waals surface area contributed by atoms with E-state index in [1.807, 2.05) is 0 Å². The topological polar surface area (TPSA) is 37.6 Å². The molecule has 1 saturated heterocycles. The first-order chi connectivity index (χ1) is 9.16. The Labute approximate surface area is 116 Å². The molecule has 1 N–H and O–H groups in total. The van der Waals surface area contributed by atoms with Crippen molar-refractivity contribution in [1.82, 2.24) is 10.2 Å². The Kier molecular flexibility index (Phi) is 5.43. The van der Waals surface area contributed by atoms with Gasteiger partial charge in [-0.1, -0.05) is 13.8 Å². The second kappa shape index (κ2) is 7.08. The van der Waals surface area contributed by atoms with Gasteiger partial charge in [-0.2, -0.15) is 0 Å². The maximum absolute atomic E-state index is 5.59. The van der Waals surface area contributed by atoms with Crippen LogP contribution in [0.15, 0.2) is 16.7 Å². The van der Waals surface area contributed by atoms with Crippen molar-refractivity contribution in [1.29, 1.82) is 0 Å². The van der Waals surface area contributed by atoms with Crippen LogP contribution in [-0.4, -0.2) is 37.2 Å². The van der Waals surface area contributed by atoms with Gasteiger partial charge in [0.2, 0.25) is 0 Å². The number of nitrogens with one attached hydrogen (secondary N) is 1. The first-order valence-electron chi connectivity index (χ1n) is 7.23. The summed E-state index contributed by atoms with van der Waals surface area (Å²) in [6.45, 7) is 7.84. The van der Waals surface area contributed by atoms with Gasteiger partial charge >= 0.3 is 0 Å². The van der Waals surface area contributed by atoms with Crippen molar-refractivity contribution < 1.29 is 9.15 Å². The normalized spacial score (nSPS) is 17.5. The van der Waals surface area contributed by atoms with Gasteiger partial charge < -0.3 is 14.5 Å². The van der Waals surface area contributed by atoms with Gasteiger partial charge in [0.05, 0.1) is 12.8 Å². The highest BCUT2D eigenvalue weighted by atomic mass is 16.5. The Hall–Kier alpha value is -0.840. The van der Waals surface area contributed by atoms with Crippen molar-refractivity contribution in [2.24, 2.45) is 0 Å². The van der Waals surface area contributed by atoms with Gasteiger partial charge in [-0.3, -0.25) is 4.90 Å². The molecule has 0 bridgehead atoms. The predicted octanol–water partition coefficient (Wildman–Crippen LogP) is 2.39. The summed E-state index contributed by atoms with van der Waals surface area (Å²) in [5, 5.41) is 3.41. The Balaban J connectivity index is 1.89. The predicted molar refractivity (Wildman–Crippen MR) is 76.0 cm³/mol. The van der Waals surface area contributed by atoms with Crippen molar-refractivity contribution in [3.8, 4) is 0 Å². The maximum atomic E-state index is 5.59. The van der Waals surface area contributed by atoms with Crippen LogP contribution in [0.2, 0.25) is 0 Å². The molecule has 0 atom stereocenters. The molecule has 0 saturated carbocycles. The molecule has 1 aromatic heterocycles. The van der Waals surface area contributed by atoms with E-state index in [2.05, 4.69) is 37.2 Å². The fourth-order valence-electron chi connectivity index (χ4n) is 2.48. The molecule has 108 valence electrons. The minimum Gasteiger partial charge on any atom is -0.468 e. The Bertz CT molecular complexity index is 370. The van der Waals surface area contributed by atoms with E-state index in [1.165, 1.54) is 5.56 Å². The van der Waals surface area contributed by atoms with Crippen molar-refractivity contribution in [2.45, 2.75) is 51.9 Å². The molecule has 19 heavy (non-hydrogen) atoms. The minimum absolute atomic E-state index is 0.478. The molecule has 1 fully saturated rings. The summed E-state index contributed by atoms with van der Waals surface area (Å²) in [5.74, 6) is 1.06. The summed E-state index contributed by atoms with van der Waals surface area (Å²) >= 11 is 0. The SMILES string of the molecule is CC(C)NCc1occc1CN(C)C1CCOCC1. The molecule has 2 heterocycles. The largest absolute Gasteiger partial charge is 0.468 e. The Morgan fingerprint density at radius 2 is 2.11 bits per heavy atom. The molecule has 4 heteroatoms. The lowest BCUT2D eigenvalue weighted by Gasteiger charge is -2.31. The van der Waals surface area contributed by atoms with E-state index in [-0.39, 0.29) is 0 Å². The molecule has 4 nitrogen and oxygen atoms in total. The third-order valence-corrected chi connectivity index (χ3v) is 3.74. The first kappa shape index (κ1) is 14.6. The number of ether oxygens (including phenoxy) is 1. The zero-order valence-corrected chi connectivity index (χ0v) is 12.3. The highest BCUT2D eigenvalue weighted by molar-refractivity contribution is 5.17. The van der Waals surface area contributed by atoms with Gasteiger partial charge in [-0.15, -0.1) is 0 Å². The lowest BCUT2D eigenvalue weighted by atomic mass is 10.1. The number of rotatable bonds is 6. The summed E-state index contributed by atoms with van der Waals surface area (Å²) < 4.78 is 11.0. The van der Waals surface area contributed by atoms with Crippen LogP contribution in [0, 0.1) is 0 Å². The number of furan rings is 1. The van der Waals surface area contributed by atoms with Crippen molar-refractivity contribution >= 4 is 0 Å². The lowest BCUT2D eigenvalue weighted by Crippen LogP contribution is -2.36. The average Bonchev–Trinajstić information content (AvgIpc) is 2.84. The average molecular weight is 266 g/mol. The zero-order chi connectivity index (χ0) is 13.7. The van der Waals surface area contributed by atoms with Gasteiger partial charge in [-0.25, -0.2) is 0 Å². The third kappa shape index (κ3) is 4.34. The summed E-state index contributed by atoms with van der Waals surface area (Å²) in [4.78, 5) is 2.42. The second-order valence-electron chi connectivity index (χ2n) is 5.66. The summed E-state index contributed by atoms with van der Waals surface area (Å²) in [5.41, 5.74) is 1.29. The van der Waals surface area contributed by atoms with E-state index in [1.54, 1.807) is 6.26 Å². The van der Waals surface area contributed by atoms with E-state index in [0.717, 1.165) is 44.9 Å². The quantitative estimate of drug-likeness (QED) is 0.858. The first-order valence-corrected chi connectivity index (χ1v) is 7.23. The van der Waals surface area contributed by atoms with Gasteiger partial charge in [0.25, 0.3) is 0 Å². The van der Waals surface area contributed by atoms with Crippen LogP contribution in [0.25, 0.3) is 0 Å². The van der Waals surface area contributed by atoms with E-state index in [9.17, 15) is 0 Å². The molecule has 1 aliphatic rings. The van der Waals surface area contributed by atoms with Crippen LogP contribution >= 0.6 is 0 Å². The third-order valence-electron chi connectivity index (χ3n) is 3.74. The molecule has 1 aromatic rings. The molecule has 0 spiro atoms. The smallest absolute Gasteiger partial charge is 0.122 e. The Morgan fingerprint density at radius 3 is 2.79 bits per heavy atom. The van der Waals surface area contributed by atoms with Crippen LogP contribution in [-0.2, 0) is 17.8 Å². The molecular formula is C15H26N2O2. The van der Waals surface area contributed by atoms with Crippen LogP contribution < -0.4 is 5.32 Å². The van der Waals surface area contributed by atoms with E-state index in [0.29, 0.717) is 12.1 Å². The van der Waals surface area contributed by atoms with E-state index >= 15 is 0 Å². The van der Waals surface area contributed by atoms with Gasteiger partial charge in [0.15, 0.2) is 0 Å². The second-order valence-corrected chi connectivity index (χ2v) is 5.66. The van der Waals surface area contributed by atoms with Gasteiger partial charge in [0, 0.05) is 37.4 Å². The molecule has 0 amide bonds. The minimum atomic E-state index is 0.478. The standard InChI is InChI=1S/C15H26N2O2/c1-12(2)16-10-15-13(4-9-19-15)11-17(3)14-5-7-18-8-6-14/h4,9,12,14,16H,5-8,10-11H2,1-3H3. The Morgan fingerprint density at radius 1 is 1.37 bits per heavy atom. The summed E-state index contributed by atoms with van der Waals surface area (Å²) in [6, 6.07) is 3.20. The van der Waals surface area contributed by atoms with Gasteiger partial charge in [-0.05, 0) is 26.0 Å². The fourth-order valence-corrected chi connectivity index (χ4v) is 2.48. The number of nitrogens with zero attached hydrogens (tertiary/aromatic N) is 1. The molecule has 0 aliphatic carbocycles. The molecule has 0 radical (unpaired) electrons. The number of hydrogen-bond donors (Lipinski definition) is 1. The fraction of sp³-hybridized carbons (Fsp3) is 0.733. The van der Waals surface area contributed by atoms with Crippen molar-refractivity contribution in [3.63, 3.8) is 0 Å². The van der Waals surface area contributed by atoms with Crippen LogP contribution in [0.4, 0.5) is 0 Å². The van der Waals surface area contributed by atoms with Gasteiger partial charge in [0.1, 0.15) is 5.76 Å². The highest BCUT2D eigenvalue weighted by Crippen LogP contribution is 2.18. The van der Waals surface area contributed by atoms with Crippen LogP contribution in [0.1, 0.15) is 38.0 Å². The van der Waals surface area contributed by atoms with Crippen molar-refractivity contribution in [2.75, 3.05) is 20.3 Å². The van der Waals surface area contributed by atoms with E-state index in [4.69, 9.17) is 9.15 Å². The monoisotopic (exact) mass is 266 g/mol. The van der Waals surface area contributed by atoms with Crippen LogP contribution in [0.5, 0.6) is 0 Å². The maximum Gasteiger partial charge on any atom is 0.122 e. The molecule has 1 aliphatic heterocycles. The summed E-state index contributed by atoms with van der Waals surface area (Å²) in [6.07, 6.45) is 4.06. The molecule has 2 rings (SSSR count). The molecule has 0 aromatic carbocycles. The highest BCUT2D eigenvalue weighted by Gasteiger charge is 2.19. The van der Waals surface area contributed by atoms with Crippen LogP contribution in [0.3, 0.4) is 0 Å². The number of hydrogen-bond acceptors (Lipinski definition) is 4. The lowest BCUT2D eigenvalue weighted by molar-refractivity contribution is 0.0405. The van der Waals surface area contributed by atoms with E-state index < -0.39 is 0 Å².